The Bertz CT molecular complexity index is 562. The first-order valence-corrected chi connectivity index (χ1v) is 5.04. The molecule has 0 saturated heterocycles. The minimum atomic E-state index is -1.51. The molecule has 84 valence electrons. The number of hydrogen-bond acceptors (Lipinski definition) is 2. The van der Waals surface area contributed by atoms with E-state index in [1.54, 1.807) is 24.4 Å². The van der Waals surface area contributed by atoms with Crippen LogP contribution in [-0.2, 0) is 11.8 Å². The number of carboxylic acids is 1. The lowest BCUT2D eigenvalue weighted by Crippen LogP contribution is -2.10. The van der Waals surface area contributed by atoms with Crippen molar-refractivity contribution in [2.24, 2.45) is 7.05 Å². The molecule has 4 nitrogen and oxygen atoms in total. The van der Waals surface area contributed by atoms with Crippen molar-refractivity contribution in [1.82, 2.24) is 4.57 Å². The molecule has 0 fully saturated rings. The van der Waals surface area contributed by atoms with Gasteiger partial charge in [0.1, 0.15) is 0 Å². The summed E-state index contributed by atoms with van der Waals surface area (Å²) in [5.41, 5.74) is 1.22. The third kappa shape index (κ3) is 1.66. The molecular weight excluding hydrogens is 230 g/mol. The van der Waals surface area contributed by atoms with Crippen LogP contribution in [0.1, 0.15) is 11.7 Å². The number of halogens is 1. The third-order valence-electron chi connectivity index (χ3n) is 2.51. The molecular formula is C11H10ClNO3. The normalized spacial score (nSPS) is 12.9. The average molecular weight is 240 g/mol. The van der Waals surface area contributed by atoms with E-state index in [2.05, 4.69) is 0 Å². The van der Waals surface area contributed by atoms with Crippen LogP contribution in [0, 0.1) is 0 Å². The zero-order chi connectivity index (χ0) is 11.9. The maximum Gasteiger partial charge on any atom is 0.337 e. The number of aryl methyl sites for hydroxylation is 1. The molecule has 5 heteroatoms. The van der Waals surface area contributed by atoms with Crippen LogP contribution < -0.4 is 0 Å². The smallest absolute Gasteiger partial charge is 0.337 e. The summed E-state index contributed by atoms with van der Waals surface area (Å²) in [7, 11) is 1.85. The molecule has 0 bridgehead atoms. The summed E-state index contributed by atoms with van der Waals surface area (Å²) in [4.78, 5) is 10.6. The Morgan fingerprint density at radius 3 is 2.81 bits per heavy atom. The summed E-state index contributed by atoms with van der Waals surface area (Å²) in [6.07, 6.45) is 0.226. The van der Waals surface area contributed by atoms with Gasteiger partial charge in [0.25, 0.3) is 0 Å². The van der Waals surface area contributed by atoms with Gasteiger partial charge in [0, 0.05) is 24.1 Å². The van der Waals surface area contributed by atoms with Crippen molar-refractivity contribution in [3.8, 4) is 0 Å². The molecule has 0 aliphatic carbocycles. The number of fused-ring (bicyclic) bond motifs is 1. The first-order valence-electron chi connectivity index (χ1n) is 4.66. The highest BCUT2D eigenvalue weighted by molar-refractivity contribution is 6.35. The molecule has 0 aliphatic rings. The third-order valence-corrected chi connectivity index (χ3v) is 2.82. The molecule has 1 heterocycles. The van der Waals surface area contributed by atoms with Crippen LogP contribution in [0.2, 0.25) is 5.02 Å². The Balaban J connectivity index is 2.60. The largest absolute Gasteiger partial charge is 0.479 e. The molecule has 2 aromatic rings. The first-order chi connectivity index (χ1) is 7.50. The van der Waals surface area contributed by atoms with Crippen LogP contribution >= 0.6 is 11.6 Å². The van der Waals surface area contributed by atoms with Gasteiger partial charge in [0.05, 0.1) is 5.02 Å². The first kappa shape index (κ1) is 11.0. The zero-order valence-corrected chi connectivity index (χ0v) is 9.27. The number of aliphatic hydroxyl groups excluding tert-OH is 1. The molecule has 1 unspecified atom stereocenters. The molecule has 0 aliphatic heterocycles. The Kier molecular flexibility index (Phi) is 2.61. The summed E-state index contributed by atoms with van der Waals surface area (Å²) >= 11 is 5.98. The van der Waals surface area contributed by atoms with E-state index in [0.29, 0.717) is 10.6 Å². The maximum atomic E-state index is 10.6. The van der Waals surface area contributed by atoms with Gasteiger partial charge in [-0.05, 0) is 17.7 Å². The topological polar surface area (TPSA) is 62.5 Å². The van der Waals surface area contributed by atoms with E-state index in [9.17, 15) is 9.90 Å². The molecule has 1 aromatic carbocycles. The number of carboxylic acid groups (broad SMARTS) is 1. The molecule has 1 atom stereocenters. The Labute approximate surface area is 96.7 Å². The van der Waals surface area contributed by atoms with Crippen molar-refractivity contribution in [3.63, 3.8) is 0 Å². The van der Waals surface area contributed by atoms with Gasteiger partial charge in [-0.25, -0.2) is 4.79 Å². The van der Waals surface area contributed by atoms with Crippen molar-refractivity contribution in [1.29, 1.82) is 0 Å². The van der Waals surface area contributed by atoms with Gasteiger partial charge in [-0.3, -0.25) is 0 Å². The number of aliphatic hydroxyl groups is 1. The van der Waals surface area contributed by atoms with Gasteiger partial charge >= 0.3 is 5.97 Å². The van der Waals surface area contributed by atoms with Gasteiger partial charge in [0.15, 0.2) is 6.10 Å². The minimum Gasteiger partial charge on any atom is -0.479 e. The van der Waals surface area contributed by atoms with Crippen molar-refractivity contribution >= 4 is 28.5 Å². The molecule has 0 spiro atoms. The summed E-state index contributed by atoms with van der Waals surface area (Å²) in [5.74, 6) is -1.27. The second-order valence-electron chi connectivity index (χ2n) is 3.61. The second-order valence-corrected chi connectivity index (χ2v) is 4.01. The lowest BCUT2D eigenvalue weighted by molar-refractivity contribution is -0.146. The number of carbonyl (C=O) groups is 1. The molecule has 2 N–H and O–H groups in total. The Morgan fingerprint density at radius 1 is 1.50 bits per heavy atom. The van der Waals surface area contributed by atoms with Gasteiger partial charge < -0.3 is 14.8 Å². The lowest BCUT2D eigenvalue weighted by Gasteiger charge is -2.06. The minimum absolute atomic E-state index is 0.327. The van der Waals surface area contributed by atoms with E-state index >= 15 is 0 Å². The highest BCUT2D eigenvalue weighted by atomic mass is 35.5. The fraction of sp³-hybridized carbons (Fsp3) is 0.182. The maximum absolute atomic E-state index is 10.6. The van der Waals surface area contributed by atoms with Crippen molar-refractivity contribution in [2.75, 3.05) is 0 Å². The molecule has 0 amide bonds. The molecule has 2 rings (SSSR count). The predicted molar refractivity (Wildman–Crippen MR) is 60.5 cm³/mol. The number of aromatic nitrogens is 1. The van der Waals surface area contributed by atoms with Gasteiger partial charge in [-0.1, -0.05) is 17.7 Å². The van der Waals surface area contributed by atoms with E-state index in [1.807, 2.05) is 11.6 Å². The average Bonchev–Trinajstić information content (AvgIpc) is 2.53. The summed E-state index contributed by atoms with van der Waals surface area (Å²) in [6.45, 7) is 0. The fourth-order valence-electron chi connectivity index (χ4n) is 1.67. The van der Waals surface area contributed by atoms with E-state index < -0.39 is 12.1 Å². The van der Waals surface area contributed by atoms with E-state index in [-0.39, 0.29) is 0 Å². The van der Waals surface area contributed by atoms with Crippen molar-refractivity contribution in [2.45, 2.75) is 6.10 Å². The van der Waals surface area contributed by atoms with Crippen LogP contribution in [0.15, 0.2) is 24.4 Å². The second kappa shape index (κ2) is 3.81. The summed E-state index contributed by atoms with van der Waals surface area (Å²) < 4.78 is 1.84. The van der Waals surface area contributed by atoms with Gasteiger partial charge in [-0.2, -0.15) is 0 Å². The Hall–Kier alpha value is -1.52. The zero-order valence-electron chi connectivity index (χ0n) is 8.51. The standard InChI is InChI=1S/C11H10ClNO3/c1-13-5-8(12)7-4-6(2-3-9(7)13)10(14)11(15)16/h2-5,10,14H,1H3,(H,15,16). The molecule has 1 aromatic heterocycles. The number of nitrogens with zero attached hydrogens (tertiary/aromatic N) is 1. The number of benzene rings is 1. The van der Waals surface area contributed by atoms with Crippen molar-refractivity contribution in [3.05, 3.63) is 35.0 Å². The monoisotopic (exact) mass is 239 g/mol. The molecule has 16 heavy (non-hydrogen) atoms. The number of aliphatic carboxylic acids is 1. The van der Waals surface area contributed by atoms with Crippen LogP contribution in [0.4, 0.5) is 0 Å². The highest BCUT2D eigenvalue weighted by Crippen LogP contribution is 2.28. The summed E-state index contributed by atoms with van der Waals surface area (Å²) in [5, 5.41) is 19.4. The van der Waals surface area contributed by atoms with E-state index in [1.165, 1.54) is 0 Å². The van der Waals surface area contributed by atoms with E-state index in [4.69, 9.17) is 16.7 Å². The van der Waals surface area contributed by atoms with Crippen LogP contribution in [0.3, 0.4) is 0 Å². The molecule has 0 saturated carbocycles. The highest BCUT2D eigenvalue weighted by Gasteiger charge is 2.17. The summed E-state index contributed by atoms with van der Waals surface area (Å²) in [6, 6.07) is 4.91. The van der Waals surface area contributed by atoms with Crippen LogP contribution in [0.5, 0.6) is 0 Å². The van der Waals surface area contributed by atoms with Crippen LogP contribution in [0.25, 0.3) is 10.9 Å². The van der Waals surface area contributed by atoms with Gasteiger partial charge in [0.2, 0.25) is 0 Å². The number of rotatable bonds is 2. The van der Waals surface area contributed by atoms with Crippen LogP contribution in [-0.4, -0.2) is 20.7 Å². The predicted octanol–water partition coefficient (Wildman–Crippen LogP) is 1.95. The fourth-order valence-corrected chi connectivity index (χ4v) is 1.97. The lowest BCUT2D eigenvalue weighted by atomic mass is 10.1. The SMILES string of the molecule is Cn1cc(Cl)c2cc(C(O)C(=O)O)ccc21. The van der Waals surface area contributed by atoms with E-state index in [0.717, 1.165) is 10.9 Å². The number of hydrogen-bond donors (Lipinski definition) is 2. The Morgan fingerprint density at radius 2 is 2.19 bits per heavy atom. The van der Waals surface area contributed by atoms with Crippen molar-refractivity contribution < 1.29 is 15.0 Å². The van der Waals surface area contributed by atoms with Gasteiger partial charge in [-0.15, -0.1) is 0 Å². The quantitative estimate of drug-likeness (QED) is 0.842. The molecule has 0 radical (unpaired) electrons.